The van der Waals surface area contributed by atoms with E-state index in [9.17, 15) is 4.79 Å². The minimum atomic E-state index is -0.369. The first kappa shape index (κ1) is 22.9. The lowest BCUT2D eigenvalue weighted by Crippen LogP contribution is -2.06. The standard InChI is InChI=1S/C22H34O5/c1-5-9-17-26-21(23)13-10-18-19(24-14-6-2)11-12-20(25-15-7-3)22(18)27-16-8-4/h10-13H,5-9,14-17H2,1-4H3. The maximum Gasteiger partial charge on any atom is 0.330 e. The maximum absolute atomic E-state index is 12.0. The predicted molar refractivity (Wildman–Crippen MR) is 109 cm³/mol. The number of esters is 1. The lowest BCUT2D eigenvalue weighted by molar-refractivity contribution is -0.137. The van der Waals surface area contributed by atoms with E-state index in [2.05, 4.69) is 13.8 Å². The van der Waals surface area contributed by atoms with Crippen LogP contribution in [0.15, 0.2) is 18.2 Å². The van der Waals surface area contributed by atoms with Crippen LogP contribution in [0.5, 0.6) is 17.2 Å². The molecule has 0 aromatic heterocycles. The van der Waals surface area contributed by atoms with Crippen molar-refractivity contribution in [1.29, 1.82) is 0 Å². The summed E-state index contributed by atoms with van der Waals surface area (Å²) in [5, 5.41) is 0. The number of unbranched alkanes of at least 4 members (excludes halogenated alkanes) is 1. The van der Waals surface area contributed by atoms with Crippen LogP contribution in [-0.2, 0) is 9.53 Å². The summed E-state index contributed by atoms with van der Waals surface area (Å²) in [5.74, 6) is 1.57. The van der Waals surface area contributed by atoms with Crippen LogP contribution in [0.4, 0.5) is 0 Å². The molecule has 0 atom stereocenters. The normalized spacial score (nSPS) is 10.8. The van der Waals surface area contributed by atoms with Gasteiger partial charge in [-0.05, 0) is 43.9 Å². The molecule has 0 fully saturated rings. The van der Waals surface area contributed by atoms with Gasteiger partial charge in [0.05, 0.1) is 32.0 Å². The largest absolute Gasteiger partial charge is 0.493 e. The van der Waals surface area contributed by atoms with Crippen LogP contribution in [0, 0.1) is 0 Å². The maximum atomic E-state index is 12.0. The van der Waals surface area contributed by atoms with E-state index in [4.69, 9.17) is 18.9 Å². The summed E-state index contributed by atoms with van der Waals surface area (Å²) < 4.78 is 22.9. The fourth-order valence-corrected chi connectivity index (χ4v) is 2.25. The van der Waals surface area contributed by atoms with Gasteiger partial charge in [0.15, 0.2) is 11.5 Å². The monoisotopic (exact) mass is 378 g/mol. The summed E-state index contributed by atoms with van der Waals surface area (Å²) in [6.45, 7) is 10.4. The number of carbonyl (C=O) groups is 1. The van der Waals surface area contributed by atoms with Gasteiger partial charge in [0, 0.05) is 6.08 Å². The molecule has 0 N–H and O–H groups in total. The van der Waals surface area contributed by atoms with Gasteiger partial charge in [-0.1, -0.05) is 34.1 Å². The summed E-state index contributed by atoms with van der Waals surface area (Å²) in [6, 6.07) is 3.73. The summed E-state index contributed by atoms with van der Waals surface area (Å²) in [6.07, 6.45) is 7.62. The molecular weight excluding hydrogens is 344 g/mol. The predicted octanol–water partition coefficient (Wildman–Crippen LogP) is 5.41. The number of hydrogen-bond donors (Lipinski definition) is 0. The van der Waals surface area contributed by atoms with Crippen molar-refractivity contribution in [3.8, 4) is 17.2 Å². The molecule has 0 saturated heterocycles. The van der Waals surface area contributed by atoms with E-state index in [1.807, 2.05) is 26.0 Å². The Labute approximate surface area is 163 Å². The second kappa shape index (κ2) is 14.0. The molecule has 0 radical (unpaired) electrons. The highest BCUT2D eigenvalue weighted by Gasteiger charge is 2.16. The van der Waals surface area contributed by atoms with Gasteiger partial charge in [0.1, 0.15) is 5.75 Å². The van der Waals surface area contributed by atoms with Gasteiger partial charge in [-0.15, -0.1) is 0 Å². The van der Waals surface area contributed by atoms with Gasteiger partial charge >= 0.3 is 5.97 Å². The molecule has 5 nitrogen and oxygen atoms in total. The Morgan fingerprint density at radius 3 is 2.04 bits per heavy atom. The average molecular weight is 379 g/mol. The van der Waals surface area contributed by atoms with Crippen molar-refractivity contribution >= 4 is 12.0 Å². The first-order valence-corrected chi connectivity index (χ1v) is 10.1. The molecule has 0 amide bonds. The van der Waals surface area contributed by atoms with Crippen LogP contribution in [0.2, 0.25) is 0 Å². The number of hydrogen-bond acceptors (Lipinski definition) is 5. The van der Waals surface area contributed by atoms with E-state index in [0.29, 0.717) is 49.2 Å². The van der Waals surface area contributed by atoms with Crippen molar-refractivity contribution in [2.75, 3.05) is 26.4 Å². The summed E-state index contributed by atoms with van der Waals surface area (Å²) >= 11 is 0. The third-order valence-electron chi connectivity index (χ3n) is 3.62. The molecule has 1 rings (SSSR count). The number of ether oxygens (including phenoxy) is 4. The molecule has 0 bridgehead atoms. The zero-order valence-electron chi connectivity index (χ0n) is 17.2. The highest BCUT2D eigenvalue weighted by molar-refractivity contribution is 5.88. The molecule has 0 aliphatic rings. The van der Waals surface area contributed by atoms with E-state index < -0.39 is 0 Å². The zero-order chi connectivity index (χ0) is 19.9. The van der Waals surface area contributed by atoms with Gasteiger partial charge in [-0.3, -0.25) is 0 Å². The SMILES string of the molecule is CCCCOC(=O)C=Cc1c(OCCC)ccc(OCCC)c1OCCC. The first-order chi connectivity index (χ1) is 13.2. The average Bonchev–Trinajstić information content (AvgIpc) is 2.68. The van der Waals surface area contributed by atoms with Gasteiger partial charge in [-0.25, -0.2) is 4.79 Å². The van der Waals surface area contributed by atoms with Gasteiger partial charge in [0.25, 0.3) is 0 Å². The Morgan fingerprint density at radius 1 is 0.815 bits per heavy atom. The van der Waals surface area contributed by atoms with Crippen molar-refractivity contribution in [2.24, 2.45) is 0 Å². The van der Waals surface area contributed by atoms with Crippen molar-refractivity contribution in [1.82, 2.24) is 0 Å². The van der Waals surface area contributed by atoms with E-state index in [1.54, 1.807) is 6.08 Å². The fourth-order valence-electron chi connectivity index (χ4n) is 2.25. The molecule has 0 unspecified atom stereocenters. The van der Waals surface area contributed by atoms with Crippen molar-refractivity contribution in [3.63, 3.8) is 0 Å². The minimum absolute atomic E-state index is 0.369. The van der Waals surface area contributed by atoms with Crippen LogP contribution in [0.3, 0.4) is 0 Å². The Hall–Kier alpha value is -2.17. The van der Waals surface area contributed by atoms with Gasteiger partial charge in [0.2, 0.25) is 0 Å². The lowest BCUT2D eigenvalue weighted by atomic mass is 10.1. The third kappa shape index (κ3) is 8.37. The van der Waals surface area contributed by atoms with E-state index in [-0.39, 0.29) is 5.97 Å². The lowest BCUT2D eigenvalue weighted by Gasteiger charge is -2.18. The molecule has 0 aliphatic heterocycles. The van der Waals surface area contributed by atoms with E-state index in [1.165, 1.54) is 6.08 Å². The van der Waals surface area contributed by atoms with Crippen LogP contribution in [-0.4, -0.2) is 32.4 Å². The Morgan fingerprint density at radius 2 is 1.41 bits per heavy atom. The zero-order valence-corrected chi connectivity index (χ0v) is 17.2. The Balaban J connectivity index is 3.15. The molecule has 5 heteroatoms. The molecule has 1 aromatic carbocycles. The van der Waals surface area contributed by atoms with Gasteiger partial charge in [-0.2, -0.15) is 0 Å². The molecule has 0 spiro atoms. The highest BCUT2D eigenvalue weighted by atomic mass is 16.5. The fraction of sp³-hybridized carbons (Fsp3) is 0.591. The Bertz CT molecular complexity index is 580. The van der Waals surface area contributed by atoms with Crippen molar-refractivity contribution in [2.45, 2.75) is 59.8 Å². The number of rotatable bonds is 14. The van der Waals surface area contributed by atoms with Crippen LogP contribution < -0.4 is 14.2 Å². The molecule has 1 aromatic rings. The van der Waals surface area contributed by atoms with Crippen LogP contribution >= 0.6 is 0 Å². The number of carbonyl (C=O) groups excluding carboxylic acids is 1. The van der Waals surface area contributed by atoms with Crippen molar-refractivity contribution in [3.05, 3.63) is 23.8 Å². The molecule has 27 heavy (non-hydrogen) atoms. The minimum Gasteiger partial charge on any atom is -0.493 e. The van der Waals surface area contributed by atoms with Gasteiger partial charge < -0.3 is 18.9 Å². The molecule has 0 saturated carbocycles. The highest BCUT2D eigenvalue weighted by Crippen LogP contribution is 2.39. The second-order valence-corrected chi connectivity index (χ2v) is 6.20. The molecule has 152 valence electrons. The quantitative estimate of drug-likeness (QED) is 0.246. The molecule has 0 aliphatic carbocycles. The van der Waals surface area contributed by atoms with E-state index in [0.717, 1.165) is 32.1 Å². The summed E-state index contributed by atoms with van der Waals surface area (Å²) in [4.78, 5) is 12.0. The molecule has 0 heterocycles. The first-order valence-electron chi connectivity index (χ1n) is 10.1. The smallest absolute Gasteiger partial charge is 0.330 e. The topological polar surface area (TPSA) is 54.0 Å². The third-order valence-corrected chi connectivity index (χ3v) is 3.62. The summed E-state index contributed by atoms with van der Waals surface area (Å²) in [7, 11) is 0. The second-order valence-electron chi connectivity index (χ2n) is 6.20. The summed E-state index contributed by atoms with van der Waals surface area (Å²) in [5.41, 5.74) is 0.706. The van der Waals surface area contributed by atoms with Crippen molar-refractivity contribution < 1.29 is 23.7 Å². The Kier molecular flexibility index (Phi) is 11.8. The van der Waals surface area contributed by atoms with Crippen LogP contribution in [0.1, 0.15) is 65.4 Å². The van der Waals surface area contributed by atoms with E-state index >= 15 is 0 Å². The van der Waals surface area contributed by atoms with Crippen LogP contribution in [0.25, 0.3) is 6.08 Å². The molecular formula is C22H34O5. The number of benzene rings is 1.